The summed E-state index contributed by atoms with van der Waals surface area (Å²) in [5, 5.41) is 0. The fraction of sp³-hybridized carbons (Fsp3) is 0.562. The molecule has 0 saturated carbocycles. The third kappa shape index (κ3) is 3.86. The molecule has 0 radical (unpaired) electrons. The summed E-state index contributed by atoms with van der Waals surface area (Å²) < 4.78 is 5.55. The van der Waals surface area contributed by atoms with Crippen molar-refractivity contribution in [3.05, 3.63) is 35.9 Å². The molecular formula is C16H24O2. The monoisotopic (exact) mass is 248 g/mol. The van der Waals surface area contributed by atoms with Gasteiger partial charge in [-0.2, -0.15) is 0 Å². The lowest BCUT2D eigenvalue weighted by Crippen LogP contribution is -2.32. The van der Waals surface area contributed by atoms with Gasteiger partial charge in [-0.1, -0.05) is 58.0 Å². The smallest absolute Gasteiger partial charge is 0.302 e. The van der Waals surface area contributed by atoms with E-state index in [4.69, 9.17) is 4.74 Å². The van der Waals surface area contributed by atoms with Crippen LogP contribution in [0, 0.1) is 11.8 Å². The van der Waals surface area contributed by atoms with Crippen LogP contribution in [-0.4, -0.2) is 12.1 Å². The van der Waals surface area contributed by atoms with E-state index in [1.165, 1.54) is 12.5 Å². The average Bonchev–Trinajstić information content (AvgIpc) is 2.28. The molecule has 0 aromatic heterocycles. The van der Waals surface area contributed by atoms with E-state index < -0.39 is 0 Å². The molecule has 0 aliphatic rings. The van der Waals surface area contributed by atoms with E-state index in [9.17, 15) is 4.79 Å². The quantitative estimate of drug-likeness (QED) is 0.736. The van der Waals surface area contributed by atoms with Crippen LogP contribution in [0.15, 0.2) is 30.3 Å². The molecule has 0 heterocycles. The Morgan fingerprint density at radius 1 is 1.00 bits per heavy atom. The molecule has 2 atom stereocenters. The first-order valence-corrected chi connectivity index (χ1v) is 6.65. The van der Waals surface area contributed by atoms with E-state index >= 15 is 0 Å². The molecule has 0 spiro atoms. The van der Waals surface area contributed by atoms with Crippen molar-refractivity contribution >= 4 is 5.97 Å². The van der Waals surface area contributed by atoms with Crippen molar-refractivity contribution in [3.8, 4) is 0 Å². The third-order valence-electron chi connectivity index (χ3n) is 3.22. The molecule has 0 saturated heterocycles. The van der Waals surface area contributed by atoms with Crippen LogP contribution < -0.4 is 0 Å². The number of carbonyl (C=O) groups is 1. The Bertz CT molecular complexity index is 368. The maximum atomic E-state index is 11.3. The highest BCUT2D eigenvalue weighted by Crippen LogP contribution is 2.33. The van der Waals surface area contributed by atoms with Crippen LogP contribution in [0.3, 0.4) is 0 Å². The van der Waals surface area contributed by atoms with Crippen molar-refractivity contribution in [2.24, 2.45) is 11.8 Å². The summed E-state index contributed by atoms with van der Waals surface area (Å²) in [5.74, 6) is 0.783. The summed E-state index contributed by atoms with van der Waals surface area (Å²) in [6.45, 7) is 10.0. The normalized spacial score (nSPS) is 14.6. The highest BCUT2D eigenvalue weighted by Gasteiger charge is 2.30. The van der Waals surface area contributed by atoms with Crippen LogP contribution in [0.4, 0.5) is 0 Å². The van der Waals surface area contributed by atoms with E-state index in [-0.39, 0.29) is 18.0 Å². The molecule has 1 aromatic rings. The Kier molecular flexibility index (Phi) is 5.39. The number of esters is 1. The van der Waals surface area contributed by atoms with E-state index in [2.05, 4.69) is 39.8 Å². The topological polar surface area (TPSA) is 26.3 Å². The van der Waals surface area contributed by atoms with Gasteiger partial charge in [0.2, 0.25) is 0 Å². The minimum absolute atomic E-state index is 0.0649. The Morgan fingerprint density at radius 3 is 1.94 bits per heavy atom. The SMILES string of the molecule is CC(=O)O[C@@H](C(C)C)[C@H](c1ccccc1)C(C)C. The van der Waals surface area contributed by atoms with Crippen LogP contribution in [0.25, 0.3) is 0 Å². The summed E-state index contributed by atoms with van der Waals surface area (Å²) in [6, 6.07) is 10.3. The maximum Gasteiger partial charge on any atom is 0.302 e. The third-order valence-corrected chi connectivity index (χ3v) is 3.22. The van der Waals surface area contributed by atoms with Gasteiger partial charge in [0, 0.05) is 12.8 Å². The number of benzene rings is 1. The first-order chi connectivity index (χ1) is 8.43. The number of hydrogen-bond donors (Lipinski definition) is 0. The second kappa shape index (κ2) is 6.58. The van der Waals surface area contributed by atoms with Crippen LogP contribution in [0.5, 0.6) is 0 Å². The minimum Gasteiger partial charge on any atom is -0.462 e. The average molecular weight is 248 g/mol. The molecule has 0 fully saturated rings. The van der Waals surface area contributed by atoms with Gasteiger partial charge in [0.15, 0.2) is 0 Å². The second-order valence-electron chi connectivity index (χ2n) is 5.50. The van der Waals surface area contributed by atoms with E-state index in [1.807, 2.05) is 18.2 Å². The molecule has 0 unspecified atom stereocenters. The minimum atomic E-state index is -0.199. The zero-order valence-electron chi connectivity index (χ0n) is 12.0. The van der Waals surface area contributed by atoms with Crippen LogP contribution in [0.1, 0.15) is 46.1 Å². The molecule has 0 aliphatic carbocycles. The highest BCUT2D eigenvalue weighted by atomic mass is 16.5. The van der Waals surface area contributed by atoms with E-state index in [0.29, 0.717) is 11.8 Å². The standard InChI is InChI=1S/C16H24O2/c1-11(2)15(14-9-7-6-8-10-14)16(12(3)4)18-13(5)17/h6-12,15-16H,1-5H3/t15-,16-/m0/s1. The number of carbonyl (C=O) groups excluding carboxylic acids is 1. The van der Waals surface area contributed by atoms with Crippen molar-refractivity contribution in [2.45, 2.75) is 46.6 Å². The Morgan fingerprint density at radius 2 is 1.56 bits per heavy atom. The Balaban J connectivity index is 3.05. The lowest BCUT2D eigenvalue weighted by molar-refractivity contribution is -0.150. The number of hydrogen-bond acceptors (Lipinski definition) is 2. The van der Waals surface area contributed by atoms with Gasteiger partial charge < -0.3 is 4.74 Å². The van der Waals surface area contributed by atoms with Crippen molar-refractivity contribution in [3.63, 3.8) is 0 Å². The number of ether oxygens (including phenoxy) is 1. The van der Waals surface area contributed by atoms with Crippen LogP contribution >= 0.6 is 0 Å². The summed E-state index contributed by atoms with van der Waals surface area (Å²) >= 11 is 0. The second-order valence-corrected chi connectivity index (χ2v) is 5.50. The lowest BCUT2D eigenvalue weighted by atomic mass is 9.79. The van der Waals surface area contributed by atoms with E-state index in [1.54, 1.807) is 0 Å². The van der Waals surface area contributed by atoms with Crippen molar-refractivity contribution in [1.82, 2.24) is 0 Å². The molecular weight excluding hydrogens is 224 g/mol. The largest absolute Gasteiger partial charge is 0.462 e. The first kappa shape index (κ1) is 14.7. The summed E-state index contributed by atoms with van der Waals surface area (Å²) in [7, 11) is 0. The van der Waals surface area contributed by atoms with E-state index in [0.717, 1.165) is 0 Å². The van der Waals surface area contributed by atoms with Crippen molar-refractivity contribution in [1.29, 1.82) is 0 Å². The predicted molar refractivity (Wildman–Crippen MR) is 74.4 cm³/mol. The van der Waals surface area contributed by atoms with Gasteiger partial charge in [-0.3, -0.25) is 4.79 Å². The summed E-state index contributed by atoms with van der Waals surface area (Å²) in [6.07, 6.45) is -0.0649. The first-order valence-electron chi connectivity index (χ1n) is 6.65. The molecule has 0 N–H and O–H groups in total. The van der Waals surface area contributed by atoms with Gasteiger partial charge >= 0.3 is 5.97 Å². The van der Waals surface area contributed by atoms with Crippen LogP contribution in [0.2, 0.25) is 0 Å². The molecule has 2 nitrogen and oxygen atoms in total. The fourth-order valence-corrected chi connectivity index (χ4v) is 2.44. The summed E-state index contributed by atoms with van der Waals surface area (Å²) in [4.78, 5) is 11.3. The fourth-order valence-electron chi connectivity index (χ4n) is 2.44. The summed E-state index contributed by atoms with van der Waals surface area (Å²) in [5.41, 5.74) is 1.24. The zero-order chi connectivity index (χ0) is 13.7. The Hall–Kier alpha value is -1.31. The van der Waals surface area contributed by atoms with Gasteiger partial charge in [-0.25, -0.2) is 0 Å². The molecule has 0 aliphatic heterocycles. The molecule has 0 bridgehead atoms. The lowest BCUT2D eigenvalue weighted by Gasteiger charge is -2.32. The van der Waals surface area contributed by atoms with Gasteiger partial charge in [0.1, 0.15) is 6.10 Å². The van der Waals surface area contributed by atoms with Gasteiger partial charge in [0.25, 0.3) is 0 Å². The molecule has 18 heavy (non-hydrogen) atoms. The number of rotatable bonds is 5. The van der Waals surface area contributed by atoms with Gasteiger partial charge in [-0.05, 0) is 17.4 Å². The molecule has 1 rings (SSSR count). The maximum absolute atomic E-state index is 11.3. The molecule has 0 amide bonds. The Labute approximate surface area is 110 Å². The zero-order valence-corrected chi connectivity index (χ0v) is 12.0. The molecule has 1 aromatic carbocycles. The van der Waals surface area contributed by atoms with Crippen LogP contribution in [-0.2, 0) is 9.53 Å². The predicted octanol–water partition coefficient (Wildman–Crippen LogP) is 4.01. The van der Waals surface area contributed by atoms with Gasteiger partial charge in [-0.15, -0.1) is 0 Å². The highest BCUT2D eigenvalue weighted by molar-refractivity contribution is 5.66. The molecule has 100 valence electrons. The molecule has 2 heteroatoms. The van der Waals surface area contributed by atoms with Crippen molar-refractivity contribution < 1.29 is 9.53 Å². The van der Waals surface area contributed by atoms with Gasteiger partial charge in [0.05, 0.1) is 0 Å². The van der Waals surface area contributed by atoms with Crippen molar-refractivity contribution in [2.75, 3.05) is 0 Å².